The summed E-state index contributed by atoms with van der Waals surface area (Å²) in [7, 11) is 0. The van der Waals surface area contributed by atoms with Crippen molar-refractivity contribution in [3.05, 3.63) is 55.7 Å². The quantitative estimate of drug-likeness (QED) is 0.807. The Kier molecular flexibility index (Phi) is 5.20. The maximum absolute atomic E-state index is 3.58. The Balaban J connectivity index is 2.18. The third-order valence-corrected chi connectivity index (χ3v) is 5.14. The summed E-state index contributed by atoms with van der Waals surface area (Å²) in [5.41, 5.74) is 4.14. The molecule has 0 spiro atoms. The van der Waals surface area contributed by atoms with Crippen molar-refractivity contribution in [2.24, 2.45) is 0 Å². The van der Waals surface area contributed by atoms with Gasteiger partial charge >= 0.3 is 0 Å². The highest BCUT2D eigenvalue weighted by Gasteiger charge is 2.13. The summed E-state index contributed by atoms with van der Waals surface area (Å²) in [5.74, 6) is 0. The lowest BCUT2D eigenvalue weighted by Gasteiger charge is -2.17. The molecule has 0 aliphatic carbocycles. The molecular formula is C16H20BrNS. The van der Waals surface area contributed by atoms with Gasteiger partial charge in [-0.15, -0.1) is 11.3 Å². The molecule has 1 nitrogen and oxygen atoms in total. The van der Waals surface area contributed by atoms with Crippen molar-refractivity contribution in [1.29, 1.82) is 0 Å². The molecule has 0 amide bonds. The van der Waals surface area contributed by atoms with Crippen molar-refractivity contribution >= 4 is 27.3 Å². The minimum atomic E-state index is 0.406. The van der Waals surface area contributed by atoms with Crippen LogP contribution in [0.4, 0.5) is 0 Å². The Labute approximate surface area is 128 Å². The van der Waals surface area contributed by atoms with Crippen LogP contribution in [-0.4, -0.2) is 6.54 Å². The first kappa shape index (κ1) is 14.8. The maximum Gasteiger partial charge on any atom is 0.0701 e. The maximum atomic E-state index is 3.58. The minimum absolute atomic E-state index is 0.406. The monoisotopic (exact) mass is 337 g/mol. The lowest BCUT2D eigenvalue weighted by molar-refractivity contribution is 0.558. The average Bonchev–Trinajstić information content (AvgIpc) is 2.80. The zero-order valence-electron chi connectivity index (χ0n) is 11.7. The number of hydrogen-bond acceptors (Lipinski definition) is 2. The number of benzene rings is 1. The van der Waals surface area contributed by atoms with Crippen LogP contribution in [0.2, 0.25) is 0 Å². The van der Waals surface area contributed by atoms with Gasteiger partial charge in [0, 0.05) is 10.9 Å². The van der Waals surface area contributed by atoms with Crippen LogP contribution in [0.3, 0.4) is 0 Å². The predicted molar refractivity (Wildman–Crippen MR) is 88.1 cm³/mol. The normalized spacial score (nSPS) is 12.6. The van der Waals surface area contributed by atoms with Crippen molar-refractivity contribution in [2.45, 2.75) is 33.2 Å². The summed E-state index contributed by atoms with van der Waals surface area (Å²) in [5, 5.41) is 3.58. The third kappa shape index (κ3) is 3.91. The van der Waals surface area contributed by atoms with Gasteiger partial charge in [-0.05, 0) is 71.6 Å². The van der Waals surface area contributed by atoms with Gasteiger partial charge < -0.3 is 5.32 Å². The molecule has 2 rings (SSSR count). The van der Waals surface area contributed by atoms with Crippen LogP contribution in [0, 0.1) is 13.8 Å². The predicted octanol–water partition coefficient (Wildman–Crippen LogP) is 5.02. The Morgan fingerprint density at radius 2 is 1.95 bits per heavy atom. The van der Waals surface area contributed by atoms with E-state index in [-0.39, 0.29) is 0 Å². The van der Waals surface area contributed by atoms with Crippen molar-refractivity contribution in [3.63, 3.8) is 0 Å². The second-order valence-corrected chi connectivity index (χ2v) is 7.37. The van der Waals surface area contributed by atoms with Crippen LogP contribution in [0.15, 0.2) is 34.1 Å². The third-order valence-electron chi connectivity index (χ3n) is 3.40. The molecule has 102 valence electrons. The minimum Gasteiger partial charge on any atom is -0.309 e. The van der Waals surface area contributed by atoms with Gasteiger partial charge in [0.1, 0.15) is 0 Å². The number of halogens is 1. The van der Waals surface area contributed by atoms with Crippen LogP contribution < -0.4 is 5.32 Å². The Morgan fingerprint density at radius 3 is 2.53 bits per heavy atom. The van der Waals surface area contributed by atoms with Gasteiger partial charge in [-0.25, -0.2) is 0 Å². The molecule has 1 N–H and O–H groups in total. The number of nitrogens with one attached hydrogen (secondary N) is 1. The standard InChI is InChI=1S/C16H20BrNS/c1-4-18-14(15-7-8-16(17)19-15)10-13-6-5-11(2)12(3)9-13/h5-9,14,18H,4,10H2,1-3H3. The van der Waals surface area contributed by atoms with Gasteiger partial charge in [0.2, 0.25) is 0 Å². The van der Waals surface area contributed by atoms with Gasteiger partial charge in [-0.3, -0.25) is 0 Å². The number of thiophene rings is 1. The van der Waals surface area contributed by atoms with E-state index in [1.807, 2.05) is 11.3 Å². The number of rotatable bonds is 5. The van der Waals surface area contributed by atoms with Gasteiger partial charge in [-0.2, -0.15) is 0 Å². The highest BCUT2D eigenvalue weighted by molar-refractivity contribution is 9.11. The van der Waals surface area contributed by atoms with Crippen molar-refractivity contribution in [3.8, 4) is 0 Å². The van der Waals surface area contributed by atoms with E-state index in [2.05, 4.69) is 72.3 Å². The Bertz CT molecular complexity index is 547. The molecule has 0 aliphatic rings. The molecule has 0 saturated heterocycles. The van der Waals surface area contributed by atoms with Crippen LogP contribution >= 0.6 is 27.3 Å². The van der Waals surface area contributed by atoms with Crippen LogP contribution in [0.5, 0.6) is 0 Å². The number of hydrogen-bond donors (Lipinski definition) is 1. The second-order valence-electron chi connectivity index (χ2n) is 4.87. The number of likely N-dealkylation sites (N-methyl/N-ethyl adjacent to an activating group) is 1. The van der Waals surface area contributed by atoms with Gasteiger partial charge in [-0.1, -0.05) is 25.1 Å². The fourth-order valence-electron chi connectivity index (χ4n) is 2.20. The van der Waals surface area contributed by atoms with E-state index < -0.39 is 0 Å². The molecule has 2 aromatic rings. The van der Waals surface area contributed by atoms with Gasteiger partial charge in [0.15, 0.2) is 0 Å². The summed E-state index contributed by atoms with van der Waals surface area (Å²) in [4.78, 5) is 1.40. The average molecular weight is 338 g/mol. The smallest absolute Gasteiger partial charge is 0.0701 e. The number of aryl methyl sites for hydroxylation is 2. The molecule has 19 heavy (non-hydrogen) atoms. The van der Waals surface area contributed by atoms with Crippen LogP contribution in [0.1, 0.15) is 34.5 Å². The lowest BCUT2D eigenvalue weighted by Crippen LogP contribution is -2.22. The van der Waals surface area contributed by atoms with Crippen molar-refractivity contribution < 1.29 is 0 Å². The summed E-state index contributed by atoms with van der Waals surface area (Å²) < 4.78 is 1.20. The Morgan fingerprint density at radius 1 is 1.16 bits per heavy atom. The molecule has 1 aromatic heterocycles. The van der Waals surface area contributed by atoms with Crippen LogP contribution in [-0.2, 0) is 6.42 Å². The van der Waals surface area contributed by atoms with E-state index in [4.69, 9.17) is 0 Å². The first-order valence-corrected chi connectivity index (χ1v) is 8.26. The van der Waals surface area contributed by atoms with Crippen LogP contribution in [0.25, 0.3) is 0 Å². The molecule has 1 unspecified atom stereocenters. The van der Waals surface area contributed by atoms with E-state index >= 15 is 0 Å². The summed E-state index contributed by atoms with van der Waals surface area (Å²) >= 11 is 5.37. The van der Waals surface area contributed by atoms with E-state index in [0.717, 1.165) is 13.0 Å². The molecule has 0 bridgehead atoms. The molecule has 0 saturated carbocycles. The zero-order valence-corrected chi connectivity index (χ0v) is 14.1. The van der Waals surface area contributed by atoms with Gasteiger partial charge in [0.05, 0.1) is 3.79 Å². The van der Waals surface area contributed by atoms with E-state index in [1.165, 1.54) is 25.4 Å². The highest BCUT2D eigenvalue weighted by Crippen LogP contribution is 2.29. The van der Waals surface area contributed by atoms with Gasteiger partial charge in [0.25, 0.3) is 0 Å². The molecular weight excluding hydrogens is 318 g/mol. The zero-order chi connectivity index (χ0) is 13.8. The molecule has 0 radical (unpaired) electrons. The second kappa shape index (κ2) is 6.69. The summed E-state index contributed by atoms with van der Waals surface area (Å²) in [6, 6.07) is 11.5. The van der Waals surface area contributed by atoms with Crippen molar-refractivity contribution in [2.75, 3.05) is 6.54 Å². The molecule has 0 fully saturated rings. The van der Waals surface area contributed by atoms with E-state index in [9.17, 15) is 0 Å². The summed E-state index contributed by atoms with van der Waals surface area (Å²) in [6.07, 6.45) is 1.04. The fourth-order valence-corrected chi connectivity index (χ4v) is 3.70. The highest BCUT2D eigenvalue weighted by atomic mass is 79.9. The summed E-state index contributed by atoms with van der Waals surface area (Å²) in [6.45, 7) is 7.50. The molecule has 1 atom stereocenters. The molecule has 1 aromatic carbocycles. The largest absolute Gasteiger partial charge is 0.309 e. The van der Waals surface area contributed by atoms with Crippen molar-refractivity contribution in [1.82, 2.24) is 5.32 Å². The SMILES string of the molecule is CCNC(Cc1ccc(C)c(C)c1)c1ccc(Br)s1. The molecule has 0 aliphatic heterocycles. The van der Waals surface area contributed by atoms with E-state index in [1.54, 1.807) is 0 Å². The molecule has 1 heterocycles. The topological polar surface area (TPSA) is 12.0 Å². The fraction of sp³-hybridized carbons (Fsp3) is 0.375. The first-order chi connectivity index (χ1) is 9.10. The van der Waals surface area contributed by atoms with E-state index in [0.29, 0.717) is 6.04 Å². The molecule has 3 heteroatoms. The lowest BCUT2D eigenvalue weighted by atomic mass is 10.00. The first-order valence-electron chi connectivity index (χ1n) is 6.65. The Hall–Kier alpha value is -0.640.